The minimum atomic E-state index is -0.864. The van der Waals surface area contributed by atoms with E-state index in [4.69, 9.17) is 0 Å². The van der Waals surface area contributed by atoms with E-state index in [0.717, 1.165) is 25.7 Å². The normalized spacial score (nSPS) is 13.6. The lowest BCUT2D eigenvalue weighted by Gasteiger charge is -2.18. The van der Waals surface area contributed by atoms with Crippen LogP contribution in [0.2, 0.25) is 0 Å². The molecule has 0 aliphatic rings. The Hall–Kier alpha value is -1.39. The maximum atomic E-state index is 11.1. The number of amides is 1. The molecule has 4 nitrogen and oxygen atoms in total. The summed E-state index contributed by atoms with van der Waals surface area (Å²) in [5, 5.41) is 21.7. The van der Waals surface area contributed by atoms with Gasteiger partial charge in [-0.15, -0.1) is 0 Å². The molecule has 2 atom stereocenters. The van der Waals surface area contributed by atoms with Gasteiger partial charge in [-0.2, -0.15) is 0 Å². The van der Waals surface area contributed by atoms with Gasteiger partial charge in [0, 0.05) is 6.92 Å². The van der Waals surface area contributed by atoms with Crippen molar-refractivity contribution >= 4 is 5.91 Å². The van der Waals surface area contributed by atoms with Crippen molar-refractivity contribution < 1.29 is 15.0 Å². The highest BCUT2D eigenvalue weighted by Gasteiger charge is 2.15. The zero-order chi connectivity index (χ0) is 29.4. The number of hydrogen-bond acceptors (Lipinski definition) is 3. The number of unbranched alkanes of at least 4 members (excludes halogenated alkanes) is 21. The molecule has 0 aliphatic carbocycles. The smallest absolute Gasteiger partial charge is 0.217 e. The first-order chi connectivity index (χ1) is 19.6. The van der Waals surface area contributed by atoms with Gasteiger partial charge in [0.15, 0.2) is 0 Å². The van der Waals surface area contributed by atoms with Gasteiger partial charge < -0.3 is 15.5 Å². The Morgan fingerprint density at radius 2 is 0.925 bits per heavy atom. The van der Waals surface area contributed by atoms with Crippen LogP contribution in [0.25, 0.3) is 0 Å². The average molecular weight is 562 g/mol. The minimum absolute atomic E-state index is 0.255. The molecule has 0 fully saturated rings. The number of carbonyl (C=O) groups excluding carboxylic acids is 1. The molecule has 1 amide bonds. The molecule has 2 unspecified atom stereocenters. The van der Waals surface area contributed by atoms with E-state index in [-0.39, 0.29) is 12.5 Å². The lowest BCUT2D eigenvalue weighted by Crippen LogP contribution is -2.44. The van der Waals surface area contributed by atoms with E-state index in [0.29, 0.717) is 0 Å². The second-order valence-electron chi connectivity index (χ2n) is 11.7. The number of aliphatic hydroxyl groups excluding tert-OH is 2. The summed E-state index contributed by atoms with van der Waals surface area (Å²) in [5.74, 6) is -0.255. The number of allylic oxidation sites excluding steroid dienone is 5. The quantitative estimate of drug-likeness (QED) is 0.0603. The molecule has 0 spiro atoms. The zero-order valence-electron chi connectivity index (χ0n) is 26.6. The molecule has 0 aliphatic heterocycles. The average Bonchev–Trinajstić information content (AvgIpc) is 2.94. The SMILES string of the molecule is CCCCCCCCCCCCCCCCCCCCC/C=C/CC/C=C/CC/C=C/C(O)C(CO)NC(C)=O. The van der Waals surface area contributed by atoms with Crippen molar-refractivity contribution in [3.8, 4) is 0 Å². The molecule has 0 heterocycles. The zero-order valence-corrected chi connectivity index (χ0v) is 26.6. The molecule has 3 N–H and O–H groups in total. The van der Waals surface area contributed by atoms with Crippen LogP contribution in [0.5, 0.6) is 0 Å². The maximum Gasteiger partial charge on any atom is 0.217 e. The van der Waals surface area contributed by atoms with Crippen molar-refractivity contribution in [3.63, 3.8) is 0 Å². The second kappa shape index (κ2) is 32.1. The number of hydrogen-bond donors (Lipinski definition) is 3. The standard InChI is InChI=1S/C36H67NO3/c1-3-4-5-6-7-8-9-10-11-12-13-14-15-16-17-18-19-20-21-22-23-24-25-26-27-28-29-30-31-32-36(40)35(33-38)37-34(2)39/h23-24,27-28,31-32,35-36,38,40H,3-22,25-26,29-30,33H2,1-2H3,(H,37,39)/b24-23+,28-27+,32-31+. The van der Waals surface area contributed by atoms with E-state index in [1.807, 2.05) is 6.08 Å². The van der Waals surface area contributed by atoms with Crippen molar-refractivity contribution in [1.82, 2.24) is 5.32 Å². The first-order valence-corrected chi connectivity index (χ1v) is 17.1. The van der Waals surface area contributed by atoms with Gasteiger partial charge in [0.1, 0.15) is 0 Å². The molecule has 0 saturated carbocycles. The van der Waals surface area contributed by atoms with Gasteiger partial charge in [-0.05, 0) is 38.5 Å². The van der Waals surface area contributed by atoms with Crippen molar-refractivity contribution in [3.05, 3.63) is 36.5 Å². The van der Waals surface area contributed by atoms with Crippen LogP contribution >= 0.6 is 0 Å². The van der Waals surface area contributed by atoms with Crippen LogP contribution in [0.1, 0.15) is 168 Å². The van der Waals surface area contributed by atoms with Gasteiger partial charge in [-0.25, -0.2) is 0 Å². The van der Waals surface area contributed by atoms with Crippen LogP contribution < -0.4 is 5.32 Å². The Kier molecular flexibility index (Phi) is 31.0. The fourth-order valence-electron chi connectivity index (χ4n) is 5.07. The van der Waals surface area contributed by atoms with Crippen molar-refractivity contribution in [2.45, 2.75) is 180 Å². The monoisotopic (exact) mass is 562 g/mol. The Morgan fingerprint density at radius 3 is 1.30 bits per heavy atom. The van der Waals surface area contributed by atoms with E-state index in [9.17, 15) is 15.0 Å². The Bertz CT molecular complexity index is 613. The number of nitrogens with one attached hydrogen (secondary N) is 1. The summed E-state index contributed by atoms with van der Waals surface area (Å²) in [4.78, 5) is 11.1. The van der Waals surface area contributed by atoms with E-state index in [1.54, 1.807) is 6.08 Å². The fourth-order valence-corrected chi connectivity index (χ4v) is 5.07. The summed E-state index contributed by atoms with van der Waals surface area (Å²) in [7, 11) is 0. The molecule has 0 radical (unpaired) electrons. The van der Waals surface area contributed by atoms with Crippen molar-refractivity contribution in [1.29, 1.82) is 0 Å². The predicted molar refractivity (Wildman–Crippen MR) is 175 cm³/mol. The highest BCUT2D eigenvalue weighted by Crippen LogP contribution is 2.15. The van der Waals surface area contributed by atoms with Gasteiger partial charge in [0.25, 0.3) is 0 Å². The molecule has 0 bridgehead atoms. The van der Waals surface area contributed by atoms with Gasteiger partial charge in [0.2, 0.25) is 5.91 Å². The van der Waals surface area contributed by atoms with Crippen LogP contribution in [-0.2, 0) is 4.79 Å². The van der Waals surface area contributed by atoms with E-state index < -0.39 is 12.1 Å². The third-order valence-corrected chi connectivity index (χ3v) is 7.64. The Balaban J connectivity index is 3.34. The van der Waals surface area contributed by atoms with Crippen molar-refractivity contribution in [2.24, 2.45) is 0 Å². The van der Waals surface area contributed by atoms with Crippen LogP contribution in [0.15, 0.2) is 36.5 Å². The summed E-state index contributed by atoms with van der Waals surface area (Å²) in [6.45, 7) is 3.39. The first-order valence-electron chi connectivity index (χ1n) is 17.1. The highest BCUT2D eigenvalue weighted by molar-refractivity contribution is 5.73. The number of aliphatic hydroxyl groups is 2. The van der Waals surface area contributed by atoms with Gasteiger partial charge in [0.05, 0.1) is 18.8 Å². The Morgan fingerprint density at radius 1 is 0.575 bits per heavy atom. The molecule has 0 aromatic heterocycles. The van der Waals surface area contributed by atoms with Gasteiger partial charge in [-0.3, -0.25) is 4.79 Å². The summed E-state index contributed by atoms with van der Waals surface area (Å²) in [5.41, 5.74) is 0. The largest absolute Gasteiger partial charge is 0.394 e. The van der Waals surface area contributed by atoms with Crippen molar-refractivity contribution in [2.75, 3.05) is 6.61 Å². The number of rotatable bonds is 30. The highest BCUT2D eigenvalue weighted by atomic mass is 16.3. The summed E-state index contributed by atoms with van der Waals surface area (Å²) in [6.07, 6.45) is 44.0. The van der Waals surface area contributed by atoms with Gasteiger partial charge >= 0.3 is 0 Å². The lowest BCUT2D eigenvalue weighted by molar-refractivity contribution is -0.120. The predicted octanol–water partition coefficient (Wildman–Crippen LogP) is 9.90. The van der Waals surface area contributed by atoms with Crippen LogP contribution in [0, 0.1) is 0 Å². The molecule has 234 valence electrons. The van der Waals surface area contributed by atoms with Crippen LogP contribution in [0.4, 0.5) is 0 Å². The second-order valence-corrected chi connectivity index (χ2v) is 11.7. The molecule has 40 heavy (non-hydrogen) atoms. The molecule has 0 aromatic rings. The summed E-state index contributed by atoms with van der Waals surface area (Å²) >= 11 is 0. The third kappa shape index (κ3) is 29.6. The fraction of sp³-hybridized carbons (Fsp3) is 0.806. The van der Waals surface area contributed by atoms with E-state index in [2.05, 4.69) is 36.5 Å². The van der Waals surface area contributed by atoms with Crippen LogP contribution in [-0.4, -0.2) is 34.9 Å². The first kappa shape index (κ1) is 38.6. The molecule has 0 rings (SSSR count). The summed E-state index contributed by atoms with van der Waals surface area (Å²) < 4.78 is 0. The van der Waals surface area contributed by atoms with Crippen LogP contribution in [0.3, 0.4) is 0 Å². The lowest BCUT2D eigenvalue weighted by atomic mass is 10.0. The Labute approximate surface area is 249 Å². The minimum Gasteiger partial charge on any atom is -0.394 e. The third-order valence-electron chi connectivity index (χ3n) is 7.64. The molecule has 4 heteroatoms. The maximum absolute atomic E-state index is 11.1. The van der Waals surface area contributed by atoms with E-state index in [1.165, 1.54) is 135 Å². The molecular formula is C36H67NO3. The molecule has 0 aromatic carbocycles. The molecule has 0 saturated heterocycles. The number of carbonyl (C=O) groups is 1. The van der Waals surface area contributed by atoms with E-state index >= 15 is 0 Å². The van der Waals surface area contributed by atoms with Gasteiger partial charge in [-0.1, -0.05) is 159 Å². The topological polar surface area (TPSA) is 69.6 Å². The summed E-state index contributed by atoms with van der Waals surface area (Å²) in [6, 6.07) is -0.644. The molecular weight excluding hydrogens is 494 g/mol.